The molecule has 0 saturated carbocycles. The lowest BCUT2D eigenvalue weighted by atomic mass is 9.96. The van der Waals surface area contributed by atoms with Crippen molar-refractivity contribution in [1.82, 2.24) is 0 Å². The van der Waals surface area contributed by atoms with Gasteiger partial charge in [0.25, 0.3) is 0 Å². The van der Waals surface area contributed by atoms with Gasteiger partial charge in [0, 0.05) is 18.4 Å². The van der Waals surface area contributed by atoms with Gasteiger partial charge >= 0.3 is 0 Å². The van der Waals surface area contributed by atoms with E-state index in [1.807, 2.05) is 24.3 Å². The minimum Gasteiger partial charge on any atom is -0.508 e. The molecule has 2 aromatic carbocycles. The Morgan fingerprint density at radius 1 is 1.14 bits per heavy atom. The van der Waals surface area contributed by atoms with Gasteiger partial charge < -0.3 is 14.9 Å². The number of aromatic hydroxyl groups is 1. The number of para-hydroxylation sites is 1. The summed E-state index contributed by atoms with van der Waals surface area (Å²) < 4.78 is 6.00. The van der Waals surface area contributed by atoms with Crippen LogP contribution in [0.5, 0.6) is 11.5 Å². The molecule has 0 bridgehead atoms. The molecule has 1 heterocycles. The van der Waals surface area contributed by atoms with E-state index in [-0.39, 0.29) is 11.4 Å². The van der Waals surface area contributed by atoms with Gasteiger partial charge in [-0.1, -0.05) is 30.3 Å². The van der Waals surface area contributed by atoms with Crippen molar-refractivity contribution >= 4 is 0 Å². The molecule has 3 rings (SSSR count). The summed E-state index contributed by atoms with van der Waals surface area (Å²) in [5, 5.41) is 19.8. The Morgan fingerprint density at radius 3 is 2.57 bits per heavy atom. The molecule has 3 heteroatoms. The second-order valence-electron chi connectivity index (χ2n) is 6.26. The van der Waals surface area contributed by atoms with E-state index in [1.54, 1.807) is 12.1 Å². The van der Waals surface area contributed by atoms with Crippen LogP contribution in [0.1, 0.15) is 36.6 Å². The summed E-state index contributed by atoms with van der Waals surface area (Å²) in [5.74, 6) is 1.06. The van der Waals surface area contributed by atoms with E-state index in [9.17, 15) is 10.2 Å². The van der Waals surface area contributed by atoms with Crippen molar-refractivity contribution in [1.29, 1.82) is 0 Å². The fraction of sp³-hybridized carbons (Fsp3) is 0.333. The van der Waals surface area contributed by atoms with Gasteiger partial charge in [-0.25, -0.2) is 0 Å². The third-order valence-corrected chi connectivity index (χ3v) is 3.85. The molecule has 2 N–H and O–H groups in total. The summed E-state index contributed by atoms with van der Waals surface area (Å²) >= 11 is 0. The molecule has 0 radical (unpaired) electrons. The zero-order chi connectivity index (χ0) is 15.0. The molecule has 3 nitrogen and oxygen atoms in total. The van der Waals surface area contributed by atoms with Crippen LogP contribution >= 0.6 is 0 Å². The summed E-state index contributed by atoms with van der Waals surface area (Å²) in [6.45, 7) is 4.12. The monoisotopic (exact) mass is 284 g/mol. The third kappa shape index (κ3) is 2.88. The van der Waals surface area contributed by atoms with Gasteiger partial charge in [-0.3, -0.25) is 0 Å². The Bertz CT molecular complexity index is 644. The van der Waals surface area contributed by atoms with Gasteiger partial charge in [0.2, 0.25) is 0 Å². The summed E-state index contributed by atoms with van der Waals surface area (Å²) in [6.07, 6.45) is 0.751. The molecule has 1 atom stereocenters. The zero-order valence-corrected chi connectivity index (χ0v) is 12.3. The maximum Gasteiger partial charge on any atom is 0.129 e. The van der Waals surface area contributed by atoms with Crippen LogP contribution in [0.3, 0.4) is 0 Å². The molecule has 0 aliphatic carbocycles. The minimum atomic E-state index is -0.613. The molecular weight excluding hydrogens is 264 g/mol. The summed E-state index contributed by atoms with van der Waals surface area (Å²) in [4.78, 5) is 0. The fourth-order valence-corrected chi connectivity index (χ4v) is 2.87. The van der Waals surface area contributed by atoms with Crippen LogP contribution in [0.4, 0.5) is 0 Å². The molecule has 21 heavy (non-hydrogen) atoms. The first-order chi connectivity index (χ1) is 9.94. The quantitative estimate of drug-likeness (QED) is 0.908. The van der Waals surface area contributed by atoms with E-state index in [4.69, 9.17) is 4.74 Å². The van der Waals surface area contributed by atoms with E-state index in [1.165, 1.54) is 0 Å². The number of hydrogen-bond donors (Lipinski definition) is 2. The predicted octanol–water partition coefficient (Wildman–Crippen LogP) is 3.38. The maximum atomic E-state index is 10.5. The molecule has 0 spiro atoms. The molecule has 0 aromatic heterocycles. The second kappa shape index (κ2) is 5.08. The molecule has 1 aliphatic rings. The van der Waals surface area contributed by atoms with Crippen LogP contribution in [0.15, 0.2) is 42.5 Å². The van der Waals surface area contributed by atoms with Crippen LogP contribution in [-0.2, 0) is 12.8 Å². The van der Waals surface area contributed by atoms with E-state index in [2.05, 4.69) is 19.9 Å². The molecule has 110 valence electrons. The Balaban J connectivity index is 1.85. The molecular formula is C18H20O3. The van der Waals surface area contributed by atoms with E-state index in [0.29, 0.717) is 6.42 Å². The SMILES string of the molecule is CC1(C)Cc2cccc(C(O)Cc3ccc(O)cc3)c2O1. The number of aliphatic hydroxyl groups is 1. The van der Waals surface area contributed by atoms with Crippen LogP contribution in [0, 0.1) is 0 Å². The van der Waals surface area contributed by atoms with Crippen LogP contribution in [0.25, 0.3) is 0 Å². The first kappa shape index (κ1) is 14.0. The standard InChI is InChI=1S/C18H20O3/c1-18(2)11-13-4-3-5-15(17(13)21-18)16(20)10-12-6-8-14(19)9-7-12/h3-9,16,19-20H,10-11H2,1-2H3. The largest absolute Gasteiger partial charge is 0.508 e. The third-order valence-electron chi connectivity index (χ3n) is 3.85. The van der Waals surface area contributed by atoms with Gasteiger partial charge in [-0.15, -0.1) is 0 Å². The van der Waals surface area contributed by atoms with Crippen LogP contribution in [0.2, 0.25) is 0 Å². The normalized spacial score (nSPS) is 17.1. The number of fused-ring (bicyclic) bond motifs is 1. The molecule has 0 fully saturated rings. The van der Waals surface area contributed by atoms with Crippen molar-refractivity contribution in [2.45, 2.75) is 38.4 Å². The summed E-state index contributed by atoms with van der Waals surface area (Å²) in [7, 11) is 0. The Labute approximate surface area is 124 Å². The Kier molecular flexibility index (Phi) is 3.38. The van der Waals surface area contributed by atoms with E-state index >= 15 is 0 Å². The van der Waals surface area contributed by atoms with Gasteiger partial charge in [0.15, 0.2) is 0 Å². The van der Waals surface area contributed by atoms with Crippen molar-refractivity contribution in [3.63, 3.8) is 0 Å². The highest BCUT2D eigenvalue weighted by Gasteiger charge is 2.32. The smallest absolute Gasteiger partial charge is 0.129 e. The Morgan fingerprint density at radius 2 is 1.86 bits per heavy atom. The van der Waals surface area contributed by atoms with Crippen molar-refractivity contribution in [3.05, 3.63) is 59.2 Å². The lowest BCUT2D eigenvalue weighted by Crippen LogP contribution is -2.25. The topological polar surface area (TPSA) is 49.7 Å². The minimum absolute atomic E-state index is 0.212. The highest BCUT2D eigenvalue weighted by Crippen LogP contribution is 2.40. The maximum absolute atomic E-state index is 10.5. The van der Waals surface area contributed by atoms with Crippen molar-refractivity contribution in [2.75, 3.05) is 0 Å². The highest BCUT2D eigenvalue weighted by molar-refractivity contribution is 5.47. The number of rotatable bonds is 3. The van der Waals surface area contributed by atoms with Crippen LogP contribution < -0.4 is 4.74 Å². The van der Waals surface area contributed by atoms with Crippen molar-refractivity contribution < 1.29 is 14.9 Å². The van der Waals surface area contributed by atoms with Gasteiger partial charge in [-0.05, 0) is 37.1 Å². The lowest BCUT2D eigenvalue weighted by molar-refractivity contribution is 0.126. The molecule has 2 aromatic rings. The number of phenolic OH excluding ortho intramolecular Hbond substituents is 1. The molecule has 1 aliphatic heterocycles. The number of aliphatic hydroxyl groups excluding tert-OH is 1. The van der Waals surface area contributed by atoms with Gasteiger partial charge in [-0.2, -0.15) is 0 Å². The molecule has 0 saturated heterocycles. The average Bonchev–Trinajstić information content (AvgIpc) is 2.74. The van der Waals surface area contributed by atoms with Crippen LogP contribution in [-0.4, -0.2) is 15.8 Å². The fourth-order valence-electron chi connectivity index (χ4n) is 2.87. The molecule has 0 amide bonds. The highest BCUT2D eigenvalue weighted by atomic mass is 16.5. The van der Waals surface area contributed by atoms with E-state index < -0.39 is 6.10 Å². The predicted molar refractivity (Wildman–Crippen MR) is 81.6 cm³/mol. The average molecular weight is 284 g/mol. The number of benzene rings is 2. The second-order valence-corrected chi connectivity index (χ2v) is 6.26. The van der Waals surface area contributed by atoms with Crippen molar-refractivity contribution in [2.24, 2.45) is 0 Å². The van der Waals surface area contributed by atoms with Gasteiger partial charge in [0.1, 0.15) is 17.1 Å². The first-order valence-corrected chi connectivity index (χ1v) is 7.21. The lowest BCUT2D eigenvalue weighted by Gasteiger charge is -2.20. The summed E-state index contributed by atoms with van der Waals surface area (Å²) in [6, 6.07) is 12.9. The van der Waals surface area contributed by atoms with E-state index in [0.717, 1.165) is 28.9 Å². The Hall–Kier alpha value is -2.00. The van der Waals surface area contributed by atoms with Crippen molar-refractivity contribution in [3.8, 4) is 11.5 Å². The zero-order valence-electron chi connectivity index (χ0n) is 12.3. The number of ether oxygens (including phenoxy) is 1. The van der Waals surface area contributed by atoms with Gasteiger partial charge in [0.05, 0.1) is 6.10 Å². The molecule has 1 unspecified atom stereocenters. The number of phenols is 1. The first-order valence-electron chi connectivity index (χ1n) is 7.21. The number of hydrogen-bond acceptors (Lipinski definition) is 3. The summed E-state index contributed by atoms with van der Waals surface area (Å²) in [5.41, 5.74) is 2.76.